The van der Waals surface area contributed by atoms with E-state index in [9.17, 15) is 22.8 Å². The molecule has 0 amide bonds. The van der Waals surface area contributed by atoms with Crippen LogP contribution in [0.2, 0.25) is 0 Å². The number of hydrogen-bond acceptors (Lipinski definition) is 5. The molecule has 2 aromatic rings. The second kappa shape index (κ2) is 9.54. The zero-order valence-corrected chi connectivity index (χ0v) is 16.2. The fraction of sp³-hybridized carbons (Fsp3) is 0.300. The van der Waals surface area contributed by atoms with E-state index < -0.39 is 23.7 Å². The molecule has 0 fully saturated rings. The molecular weight excluding hydrogens is 393 g/mol. The summed E-state index contributed by atoms with van der Waals surface area (Å²) in [7, 11) is 1.21. The molecule has 0 aliphatic heterocycles. The lowest BCUT2D eigenvalue weighted by molar-refractivity contribution is -0.138. The maximum atomic E-state index is 12.8. The predicted octanol–water partition coefficient (Wildman–Crippen LogP) is 5.58. The second-order valence-electron chi connectivity index (χ2n) is 5.81. The zero-order valence-electron chi connectivity index (χ0n) is 15.3. The van der Waals surface area contributed by atoms with Crippen LogP contribution < -0.4 is 0 Å². The third kappa shape index (κ3) is 5.45. The Morgan fingerprint density at radius 2 is 1.86 bits per heavy atom. The lowest BCUT2D eigenvalue weighted by Crippen LogP contribution is -2.05. The number of esters is 2. The number of methoxy groups -OCH3 is 1. The summed E-state index contributed by atoms with van der Waals surface area (Å²) in [5.74, 6) is -1.18. The highest BCUT2D eigenvalue weighted by Crippen LogP contribution is 2.35. The minimum absolute atomic E-state index is 0.185. The maximum absolute atomic E-state index is 12.8. The van der Waals surface area contributed by atoms with Crippen LogP contribution in [0.4, 0.5) is 13.2 Å². The monoisotopic (exact) mass is 412 g/mol. The highest BCUT2D eigenvalue weighted by molar-refractivity contribution is 7.11. The van der Waals surface area contributed by atoms with Gasteiger partial charge in [0.15, 0.2) is 0 Å². The molecular formula is C20H19F3O4S. The van der Waals surface area contributed by atoms with Gasteiger partial charge in [0.05, 0.1) is 24.8 Å². The van der Waals surface area contributed by atoms with Crippen molar-refractivity contribution < 1.29 is 32.2 Å². The van der Waals surface area contributed by atoms with Gasteiger partial charge < -0.3 is 9.47 Å². The lowest BCUT2D eigenvalue weighted by atomic mass is 10.0. The average Bonchev–Trinajstić information content (AvgIpc) is 3.09. The molecule has 0 spiro atoms. The first-order valence-electron chi connectivity index (χ1n) is 8.50. The number of rotatable bonds is 7. The summed E-state index contributed by atoms with van der Waals surface area (Å²) in [6, 6.07) is 4.50. The molecule has 0 aliphatic carbocycles. The molecule has 0 saturated heterocycles. The van der Waals surface area contributed by atoms with Gasteiger partial charge >= 0.3 is 18.1 Å². The SMILES string of the molecule is CCCCOC(=O)/C=C/c1scc(-c2ccc(C(F)(F)F)cc2)c1C(=O)OC. The Labute approximate surface area is 164 Å². The molecule has 150 valence electrons. The van der Waals surface area contributed by atoms with Crippen LogP contribution >= 0.6 is 11.3 Å². The summed E-state index contributed by atoms with van der Waals surface area (Å²) in [6.45, 7) is 2.28. The van der Waals surface area contributed by atoms with E-state index in [0.29, 0.717) is 22.6 Å². The number of hydrogen-bond donors (Lipinski definition) is 0. The number of benzene rings is 1. The van der Waals surface area contributed by atoms with Crippen molar-refractivity contribution in [2.45, 2.75) is 25.9 Å². The second-order valence-corrected chi connectivity index (χ2v) is 6.72. The van der Waals surface area contributed by atoms with Crippen LogP contribution in [0.25, 0.3) is 17.2 Å². The average molecular weight is 412 g/mol. The standard InChI is InChI=1S/C20H19F3O4S/c1-3-4-11-27-17(24)10-9-16-18(19(25)26-2)15(12-28-16)13-5-7-14(8-6-13)20(21,22)23/h5-10,12H,3-4,11H2,1-2H3/b10-9+. The topological polar surface area (TPSA) is 52.6 Å². The van der Waals surface area contributed by atoms with Crippen LogP contribution in [0.5, 0.6) is 0 Å². The molecule has 1 heterocycles. The molecule has 0 N–H and O–H groups in total. The van der Waals surface area contributed by atoms with Crippen LogP contribution in [0.3, 0.4) is 0 Å². The number of ether oxygens (including phenoxy) is 2. The Bertz CT molecular complexity index is 851. The molecule has 1 aromatic heterocycles. The first-order chi connectivity index (χ1) is 13.3. The third-order valence-corrected chi connectivity index (χ3v) is 4.79. The summed E-state index contributed by atoms with van der Waals surface area (Å²) in [5.41, 5.74) is 0.283. The number of carbonyl (C=O) groups excluding carboxylic acids is 2. The van der Waals surface area contributed by atoms with Gasteiger partial charge in [-0.15, -0.1) is 11.3 Å². The Morgan fingerprint density at radius 3 is 2.43 bits per heavy atom. The van der Waals surface area contributed by atoms with Crippen molar-refractivity contribution in [3.05, 3.63) is 51.7 Å². The molecule has 0 saturated carbocycles. The summed E-state index contributed by atoms with van der Waals surface area (Å²) >= 11 is 1.18. The molecule has 0 aliphatic rings. The van der Waals surface area contributed by atoms with Crippen molar-refractivity contribution in [3.63, 3.8) is 0 Å². The summed E-state index contributed by atoms with van der Waals surface area (Å²) < 4.78 is 48.1. The normalized spacial score (nSPS) is 11.6. The minimum Gasteiger partial charge on any atom is -0.465 e. The van der Waals surface area contributed by atoms with Gasteiger partial charge in [-0.2, -0.15) is 13.2 Å². The number of alkyl halides is 3. The van der Waals surface area contributed by atoms with Gasteiger partial charge in [0.25, 0.3) is 0 Å². The van der Waals surface area contributed by atoms with E-state index in [1.165, 1.54) is 42.7 Å². The van der Waals surface area contributed by atoms with Crippen LogP contribution in [0.15, 0.2) is 35.7 Å². The number of halogens is 3. The van der Waals surface area contributed by atoms with Crippen molar-refractivity contribution in [2.24, 2.45) is 0 Å². The molecule has 1 aromatic carbocycles. The Kier molecular flexibility index (Phi) is 7.39. The molecule has 4 nitrogen and oxygen atoms in total. The van der Waals surface area contributed by atoms with Crippen LogP contribution in [-0.4, -0.2) is 25.7 Å². The van der Waals surface area contributed by atoms with Gasteiger partial charge in [0, 0.05) is 21.9 Å². The zero-order chi connectivity index (χ0) is 20.7. The van der Waals surface area contributed by atoms with Crippen molar-refractivity contribution in [1.82, 2.24) is 0 Å². The van der Waals surface area contributed by atoms with Gasteiger partial charge in [-0.25, -0.2) is 9.59 Å². The third-order valence-electron chi connectivity index (χ3n) is 3.85. The first kappa shape index (κ1) is 21.7. The van der Waals surface area contributed by atoms with Gasteiger partial charge in [-0.1, -0.05) is 25.5 Å². The maximum Gasteiger partial charge on any atom is 0.416 e. The lowest BCUT2D eigenvalue weighted by Gasteiger charge is -2.08. The van der Waals surface area contributed by atoms with Gasteiger partial charge in [-0.05, 0) is 30.2 Å². The molecule has 8 heteroatoms. The van der Waals surface area contributed by atoms with Crippen molar-refractivity contribution in [3.8, 4) is 11.1 Å². The Morgan fingerprint density at radius 1 is 1.18 bits per heavy atom. The van der Waals surface area contributed by atoms with Gasteiger partial charge in [0.2, 0.25) is 0 Å². The van der Waals surface area contributed by atoms with E-state index in [1.807, 2.05) is 6.92 Å². The molecule has 0 radical (unpaired) electrons. The Hall–Kier alpha value is -2.61. The van der Waals surface area contributed by atoms with Gasteiger partial charge in [-0.3, -0.25) is 0 Å². The predicted molar refractivity (Wildman–Crippen MR) is 101 cm³/mol. The molecule has 0 bridgehead atoms. The van der Waals surface area contributed by atoms with E-state index in [2.05, 4.69) is 0 Å². The minimum atomic E-state index is -4.44. The van der Waals surface area contributed by atoms with Crippen molar-refractivity contribution in [1.29, 1.82) is 0 Å². The highest BCUT2D eigenvalue weighted by Gasteiger charge is 2.30. The van der Waals surface area contributed by atoms with E-state index in [-0.39, 0.29) is 5.56 Å². The molecule has 0 unspecified atom stereocenters. The van der Waals surface area contributed by atoms with Crippen LogP contribution in [0.1, 0.15) is 40.6 Å². The largest absolute Gasteiger partial charge is 0.465 e. The molecule has 28 heavy (non-hydrogen) atoms. The van der Waals surface area contributed by atoms with E-state index in [4.69, 9.17) is 9.47 Å². The van der Waals surface area contributed by atoms with Crippen LogP contribution in [-0.2, 0) is 20.4 Å². The first-order valence-corrected chi connectivity index (χ1v) is 9.38. The fourth-order valence-electron chi connectivity index (χ4n) is 2.37. The van der Waals surface area contributed by atoms with Crippen molar-refractivity contribution in [2.75, 3.05) is 13.7 Å². The number of unbranched alkanes of at least 4 members (excludes halogenated alkanes) is 1. The summed E-state index contributed by atoms with van der Waals surface area (Å²) in [5, 5.41) is 1.64. The van der Waals surface area contributed by atoms with E-state index in [0.717, 1.165) is 25.0 Å². The number of carbonyl (C=O) groups is 2. The Balaban J connectivity index is 2.32. The summed E-state index contributed by atoms with van der Waals surface area (Å²) in [4.78, 5) is 24.4. The smallest absolute Gasteiger partial charge is 0.416 e. The van der Waals surface area contributed by atoms with Gasteiger partial charge in [0.1, 0.15) is 0 Å². The van der Waals surface area contributed by atoms with Crippen molar-refractivity contribution >= 4 is 29.4 Å². The van der Waals surface area contributed by atoms with E-state index >= 15 is 0 Å². The number of thiophene rings is 1. The van der Waals surface area contributed by atoms with E-state index in [1.54, 1.807) is 5.38 Å². The molecule has 0 atom stereocenters. The summed E-state index contributed by atoms with van der Waals surface area (Å²) in [6.07, 6.45) is -0.136. The molecule has 2 rings (SSSR count). The fourth-order valence-corrected chi connectivity index (χ4v) is 3.32. The highest BCUT2D eigenvalue weighted by atomic mass is 32.1. The quantitative estimate of drug-likeness (QED) is 0.339. The van der Waals surface area contributed by atoms with Crippen LogP contribution in [0, 0.1) is 0 Å².